The molecule has 1 fully saturated rings. The predicted octanol–water partition coefficient (Wildman–Crippen LogP) is 3.14. The molecular formula is C15H21NO2. The van der Waals surface area contributed by atoms with E-state index < -0.39 is 0 Å². The van der Waals surface area contributed by atoms with E-state index in [0.717, 1.165) is 37.3 Å². The van der Waals surface area contributed by atoms with Crippen LogP contribution in [-0.4, -0.2) is 19.1 Å². The molecule has 1 N–H and O–H groups in total. The average molecular weight is 247 g/mol. The number of para-hydroxylation sites is 1. The fourth-order valence-electron chi connectivity index (χ4n) is 2.30. The van der Waals surface area contributed by atoms with Crippen molar-refractivity contribution >= 4 is 11.6 Å². The van der Waals surface area contributed by atoms with Crippen LogP contribution in [-0.2, 0) is 9.53 Å². The summed E-state index contributed by atoms with van der Waals surface area (Å²) in [4.78, 5) is 11.9. The number of carbonyl (C=O) groups excluding carboxylic acids is 1. The Labute approximate surface area is 109 Å². The lowest BCUT2D eigenvalue weighted by Crippen LogP contribution is -2.20. The predicted molar refractivity (Wildman–Crippen MR) is 72.6 cm³/mol. The second-order valence-corrected chi connectivity index (χ2v) is 4.98. The fraction of sp³-hybridized carbons (Fsp3) is 0.533. The Kier molecular flexibility index (Phi) is 4.76. The summed E-state index contributed by atoms with van der Waals surface area (Å²) in [5.74, 6) is 0.663. The van der Waals surface area contributed by atoms with Crippen molar-refractivity contribution in [3.63, 3.8) is 0 Å². The van der Waals surface area contributed by atoms with E-state index >= 15 is 0 Å². The molecule has 98 valence electrons. The maximum Gasteiger partial charge on any atom is 0.224 e. The third kappa shape index (κ3) is 3.84. The maximum atomic E-state index is 11.9. The quantitative estimate of drug-likeness (QED) is 0.887. The Morgan fingerprint density at radius 1 is 1.44 bits per heavy atom. The van der Waals surface area contributed by atoms with E-state index in [2.05, 4.69) is 5.32 Å². The number of ether oxygens (including phenoxy) is 1. The minimum absolute atomic E-state index is 0.106. The minimum atomic E-state index is 0.106. The molecule has 1 aromatic carbocycles. The van der Waals surface area contributed by atoms with Gasteiger partial charge in [-0.2, -0.15) is 0 Å². The number of aryl methyl sites for hydroxylation is 1. The van der Waals surface area contributed by atoms with Crippen LogP contribution in [0.15, 0.2) is 24.3 Å². The third-order valence-electron chi connectivity index (χ3n) is 3.45. The summed E-state index contributed by atoms with van der Waals surface area (Å²) in [5.41, 5.74) is 2.02. The van der Waals surface area contributed by atoms with Gasteiger partial charge in [0.2, 0.25) is 5.91 Å². The van der Waals surface area contributed by atoms with Gasteiger partial charge in [-0.25, -0.2) is 0 Å². The van der Waals surface area contributed by atoms with Crippen LogP contribution in [0.25, 0.3) is 0 Å². The molecule has 0 radical (unpaired) electrons. The van der Waals surface area contributed by atoms with E-state index in [1.807, 2.05) is 31.2 Å². The number of hydrogen-bond acceptors (Lipinski definition) is 2. The van der Waals surface area contributed by atoms with E-state index in [-0.39, 0.29) is 5.91 Å². The summed E-state index contributed by atoms with van der Waals surface area (Å²) in [6.45, 7) is 3.70. The zero-order valence-electron chi connectivity index (χ0n) is 10.9. The van der Waals surface area contributed by atoms with Crippen molar-refractivity contribution in [2.45, 2.75) is 32.6 Å². The summed E-state index contributed by atoms with van der Waals surface area (Å²) in [5, 5.41) is 2.97. The first-order valence-electron chi connectivity index (χ1n) is 6.69. The number of rotatable bonds is 4. The highest BCUT2D eigenvalue weighted by molar-refractivity contribution is 5.91. The van der Waals surface area contributed by atoms with Crippen LogP contribution in [0.5, 0.6) is 0 Å². The van der Waals surface area contributed by atoms with Gasteiger partial charge in [0.25, 0.3) is 0 Å². The summed E-state index contributed by atoms with van der Waals surface area (Å²) in [7, 11) is 0. The van der Waals surface area contributed by atoms with Crippen molar-refractivity contribution in [2.24, 2.45) is 5.92 Å². The lowest BCUT2D eigenvalue weighted by Gasteiger charge is -2.21. The van der Waals surface area contributed by atoms with Gasteiger partial charge in [-0.3, -0.25) is 4.79 Å². The van der Waals surface area contributed by atoms with Gasteiger partial charge in [-0.15, -0.1) is 0 Å². The molecule has 2 rings (SSSR count). The molecule has 3 heteroatoms. The lowest BCUT2D eigenvalue weighted by atomic mass is 9.97. The molecule has 0 aliphatic carbocycles. The molecular weight excluding hydrogens is 226 g/mol. The zero-order chi connectivity index (χ0) is 12.8. The molecule has 0 bridgehead atoms. The molecule has 0 spiro atoms. The van der Waals surface area contributed by atoms with E-state index in [9.17, 15) is 4.79 Å². The molecule has 1 unspecified atom stereocenters. The standard InChI is InChI=1S/C15H21NO2/c1-12-5-2-3-7-14(12)16-15(17)9-8-13-6-4-10-18-11-13/h2-3,5,7,13H,4,6,8-11H2,1H3,(H,16,17). The topological polar surface area (TPSA) is 38.3 Å². The van der Waals surface area contributed by atoms with E-state index in [4.69, 9.17) is 4.74 Å². The Morgan fingerprint density at radius 2 is 2.28 bits per heavy atom. The number of amides is 1. The summed E-state index contributed by atoms with van der Waals surface area (Å²) >= 11 is 0. The Morgan fingerprint density at radius 3 is 3.00 bits per heavy atom. The molecule has 0 aromatic heterocycles. The minimum Gasteiger partial charge on any atom is -0.381 e. The van der Waals surface area contributed by atoms with Crippen molar-refractivity contribution in [2.75, 3.05) is 18.5 Å². The van der Waals surface area contributed by atoms with Crippen molar-refractivity contribution in [3.8, 4) is 0 Å². The van der Waals surface area contributed by atoms with Gasteiger partial charge in [-0.1, -0.05) is 18.2 Å². The van der Waals surface area contributed by atoms with Gasteiger partial charge in [0.15, 0.2) is 0 Å². The van der Waals surface area contributed by atoms with E-state index in [1.54, 1.807) is 0 Å². The van der Waals surface area contributed by atoms with Crippen molar-refractivity contribution < 1.29 is 9.53 Å². The Bertz CT molecular complexity index is 397. The van der Waals surface area contributed by atoms with Gasteiger partial charge < -0.3 is 10.1 Å². The van der Waals surface area contributed by atoms with Crippen LogP contribution in [0, 0.1) is 12.8 Å². The summed E-state index contributed by atoms with van der Waals surface area (Å²) < 4.78 is 5.42. The van der Waals surface area contributed by atoms with Crippen LogP contribution in [0.4, 0.5) is 5.69 Å². The Balaban J connectivity index is 1.76. The third-order valence-corrected chi connectivity index (χ3v) is 3.45. The molecule has 3 nitrogen and oxygen atoms in total. The Hall–Kier alpha value is -1.35. The number of hydrogen-bond donors (Lipinski definition) is 1. The average Bonchev–Trinajstić information content (AvgIpc) is 2.40. The van der Waals surface area contributed by atoms with Crippen molar-refractivity contribution in [3.05, 3.63) is 29.8 Å². The van der Waals surface area contributed by atoms with Gasteiger partial charge in [0.05, 0.1) is 0 Å². The molecule has 1 atom stereocenters. The first-order valence-corrected chi connectivity index (χ1v) is 6.69. The molecule has 0 saturated carbocycles. The zero-order valence-corrected chi connectivity index (χ0v) is 10.9. The van der Waals surface area contributed by atoms with Gasteiger partial charge >= 0.3 is 0 Å². The van der Waals surface area contributed by atoms with Crippen LogP contribution in [0.1, 0.15) is 31.2 Å². The number of nitrogens with one attached hydrogen (secondary N) is 1. The SMILES string of the molecule is Cc1ccccc1NC(=O)CCC1CCCOC1. The maximum absolute atomic E-state index is 11.9. The first-order chi connectivity index (χ1) is 8.75. The van der Waals surface area contributed by atoms with Crippen LogP contribution in [0.3, 0.4) is 0 Å². The second kappa shape index (κ2) is 6.55. The van der Waals surface area contributed by atoms with Gasteiger partial charge in [-0.05, 0) is 43.7 Å². The van der Waals surface area contributed by atoms with Crippen LogP contribution in [0.2, 0.25) is 0 Å². The first kappa shape index (κ1) is 13.1. The largest absolute Gasteiger partial charge is 0.381 e. The molecule has 1 aliphatic heterocycles. The van der Waals surface area contributed by atoms with Gasteiger partial charge in [0, 0.05) is 25.3 Å². The van der Waals surface area contributed by atoms with Crippen molar-refractivity contribution in [1.29, 1.82) is 0 Å². The highest BCUT2D eigenvalue weighted by atomic mass is 16.5. The lowest BCUT2D eigenvalue weighted by molar-refractivity contribution is -0.116. The van der Waals surface area contributed by atoms with Crippen LogP contribution < -0.4 is 5.32 Å². The highest BCUT2D eigenvalue weighted by Gasteiger charge is 2.15. The number of carbonyl (C=O) groups is 1. The molecule has 1 saturated heterocycles. The summed E-state index contributed by atoms with van der Waals surface area (Å²) in [6, 6.07) is 7.86. The highest BCUT2D eigenvalue weighted by Crippen LogP contribution is 2.19. The molecule has 1 heterocycles. The number of benzene rings is 1. The monoisotopic (exact) mass is 247 g/mol. The number of anilines is 1. The smallest absolute Gasteiger partial charge is 0.224 e. The molecule has 18 heavy (non-hydrogen) atoms. The fourth-order valence-corrected chi connectivity index (χ4v) is 2.30. The molecule has 1 aliphatic rings. The van der Waals surface area contributed by atoms with Gasteiger partial charge in [0.1, 0.15) is 0 Å². The molecule has 1 amide bonds. The van der Waals surface area contributed by atoms with Crippen LogP contribution >= 0.6 is 0 Å². The second-order valence-electron chi connectivity index (χ2n) is 4.98. The summed E-state index contributed by atoms with van der Waals surface area (Å²) in [6.07, 6.45) is 3.84. The van der Waals surface area contributed by atoms with E-state index in [0.29, 0.717) is 12.3 Å². The normalized spacial score (nSPS) is 19.5. The molecule has 1 aromatic rings. The van der Waals surface area contributed by atoms with E-state index in [1.165, 1.54) is 6.42 Å². The van der Waals surface area contributed by atoms with Crippen molar-refractivity contribution in [1.82, 2.24) is 0 Å².